The number of rotatable bonds is 1. The Labute approximate surface area is 78.3 Å². The Morgan fingerprint density at radius 1 is 1.75 bits per heavy atom. The molecule has 0 aromatic rings. The van der Waals surface area contributed by atoms with Gasteiger partial charge in [0.05, 0.1) is 0 Å². The summed E-state index contributed by atoms with van der Waals surface area (Å²) in [4.78, 5) is 10.3. The highest BCUT2D eigenvalue weighted by atomic mass is 35.5. The second kappa shape index (κ2) is 5.17. The fourth-order valence-electron chi connectivity index (χ4n) is 1.30. The highest BCUT2D eigenvalue weighted by Crippen LogP contribution is 2.16. The summed E-state index contributed by atoms with van der Waals surface area (Å²) in [6.45, 7) is 3.85. The van der Waals surface area contributed by atoms with Gasteiger partial charge in [0.1, 0.15) is 0 Å². The lowest BCUT2D eigenvalue weighted by Crippen LogP contribution is -2.30. The molecule has 4 heteroatoms. The summed E-state index contributed by atoms with van der Waals surface area (Å²) in [6, 6.07) is 0. The maximum Gasteiger partial charge on any atom is 0.328 e. The molecule has 70 valence electrons. The van der Waals surface area contributed by atoms with Crippen molar-refractivity contribution in [2.45, 2.75) is 13.3 Å². The largest absolute Gasteiger partial charge is 0.478 e. The van der Waals surface area contributed by atoms with Gasteiger partial charge < -0.3 is 10.4 Å². The van der Waals surface area contributed by atoms with Crippen LogP contribution in [0.5, 0.6) is 0 Å². The summed E-state index contributed by atoms with van der Waals surface area (Å²) in [5.74, 6) is -0.450. The number of hydrogen-bond acceptors (Lipinski definition) is 2. The fraction of sp³-hybridized carbons (Fsp3) is 0.625. The maximum atomic E-state index is 10.3. The van der Waals surface area contributed by atoms with Crippen molar-refractivity contribution in [2.24, 2.45) is 5.92 Å². The number of nitrogens with one attached hydrogen (secondary N) is 1. The minimum atomic E-state index is -0.825. The number of aliphatic carboxylic acids is 1. The molecule has 1 unspecified atom stereocenters. The van der Waals surface area contributed by atoms with Gasteiger partial charge in [-0.25, -0.2) is 4.79 Å². The van der Waals surface area contributed by atoms with Crippen LogP contribution in [0, 0.1) is 5.92 Å². The summed E-state index contributed by atoms with van der Waals surface area (Å²) < 4.78 is 0. The molecule has 0 spiro atoms. The van der Waals surface area contributed by atoms with Gasteiger partial charge in [0.15, 0.2) is 0 Å². The highest BCUT2D eigenvalue weighted by molar-refractivity contribution is 5.85. The molecule has 0 aromatic heterocycles. The third kappa shape index (κ3) is 3.24. The first kappa shape index (κ1) is 11.5. The monoisotopic (exact) mass is 191 g/mol. The van der Waals surface area contributed by atoms with Gasteiger partial charge in [-0.1, -0.05) is 12.5 Å². The zero-order valence-electron chi connectivity index (χ0n) is 7.04. The van der Waals surface area contributed by atoms with Gasteiger partial charge in [-0.05, 0) is 18.9 Å². The van der Waals surface area contributed by atoms with E-state index < -0.39 is 5.97 Å². The van der Waals surface area contributed by atoms with Crippen LogP contribution in [0.1, 0.15) is 13.3 Å². The van der Waals surface area contributed by atoms with Crippen molar-refractivity contribution in [1.29, 1.82) is 0 Å². The third-order valence-electron chi connectivity index (χ3n) is 1.98. The molecule has 0 amide bonds. The molecule has 1 fully saturated rings. The van der Waals surface area contributed by atoms with Gasteiger partial charge in [0.25, 0.3) is 0 Å². The molecule has 2 N–H and O–H groups in total. The first-order valence-electron chi connectivity index (χ1n) is 3.84. The Hall–Kier alpha value is -0.540. The summed E-state index contributed by atoms with van der Waals surface area (Å²) >= 11 is 0. The molecule has 3 nitrogen and oxygen atoms in total. The van der Waals surface area contributed by atoms with Crippen molar-refractivity contribution >= 4 is 18.4 Å². The van der Waals surface area contributed by atoms with Crippen LogP contribution in [-0.4, -0.2) is 24.2 Å². The minimum Gasteiger partial charge on any atom is -0.478 e. The summed E-state index contributed by atoms with van der Waals surface area (Å²) in [5.41, 5.74) is 1.05. The molecular weight excluding hydrogens is 178 g/mol. The molecule has 1 atom stereocenters. The Morgan fingerprint density at radius 3 is 2.92 bits per heavy atom. The second-order valence-corrected chi connectivity index (χ2v) is 2.91. The predicted octanol–water partition coefficient (Wildman–Crippen LogP) is 1.05. The van der Waals surface area contributed by atoms with E-state index in [1.807, 2.05) is 6.92 Å². The van der Waals surface area contributed by atoms with Crippen molar-refractivity contribution in [3.05, 3.63) is 11.6 Å². The Bertz CT molecular complexity index is 191. The molecule has 0 radical (unpaired) electrons. The standard InChI is InChI=1S/C8H13NO2.ClH/c1-6-5-9-3-2-7(6)4-8(10)11;/h4,6,9H,2-3,5H2,1H3,(H,10,11);1H/b7-4+;. The molecule has 1 heterocycles. The van der Waals surface area contributed by atoms with Crippen LogP contribution in [-0.2, 0) is 4.79 Å². The SMILES string of the molecule is CC1CNCC/C1=C\C(=O)O.Cl. The minimum absolute atomic E-state index is 0. The topological polar surface area (TPSA) is 49.3 Å². The smallest absolute Gasteiger partial charge is 0.328 e. The van der Waals surface area contributed by atoms with E-state index in [2.05, 4.69) is 5.32 Å². The molecule has 1 aliphatic heterocycles. The number of carbonyl (C=O) groups is 1. The van der Waals surface area contributed by atoms with Crippen LogP contribution in [0.3, 0.4) is 0 Å². The second-order valence-electron chi connectivity index (χ2n) is 2.91. The molecule has 12 heavy (non-hydrogen) atoms. The quantitative estimate of drug-likeness (QED) is 0.610. The van der Waals surface area contributed by atoms with Crippen molar-refractivity contribution in [1.82, 2.24) is 5.32 Å². The molecule has 0 saturated carbocycles. The summed E-state index contributed by atoms with van der Waals surface area (Å²) in [5, 5.41) is 11.7. The fourth-order valence-corrected chi connectivity index (χ4v) is 1.30. The molecule has 1 aliphatic rings. The van der Waals surface area contributed by atoms with Crippen LogP contribution in [0.15, 0.2) is 11.6 Å². The number of hydrogen-bond donors (Lipinski definition) is 2. The first-order valence-corrected chi connectivity index (χ1v) is 3.84. The van der Waals surface area contributed by atoms with E-state index in [0.717, 1.165) is 25.1 Å². The van der Waals surface area contributed by atoms with Crippen LogP contribution in [0.2, 0.25) is 0 Å². The van der Waals surface area contributed by atoms with E-state index in [0.29, 0.717) is 5.92 Å². The third-order valence-corrected chi connectivity index (χ3v) is 1.98. The first-order chi connectivity index (χ1) is 5.20. The van der Waals surface area contributed by atoms with E-state index >= 15 is 0 Å². The lowest BCUT2D eigenvalue weighted by molar-refractivity contribution is -0.131. The van der Waals surface area contributed by atoms with E-state index in [4.69, 9.17) is 5.11 Å². The normalized spacial score (nSPS) is 26.4. The highest BCUT2D eigenvalue weighted by Gasteiger charge is 2.13. The van der Waals surface area contributed by atoms with E-state index in [-0.39, 0.29) is 12.4 Å². The Kier molecular flexibility index (Phi) is 4.93. The predicted molar refractivity (Wildman–Crippen MR) is 49.6 cm³/mol. The number of piperidine rings is 1. The van der Waals surface area contributed by atoms with Crippen molar-refractivity contribution in [3.63, 3.8) is 0 Å². The zero-order chi connectivity index (χ0) is 8.27. The lowest BCUT2D eigenvalue weighted by atomic mass is 9.94. The van der Waals surface area contributed by atoms with Gasteiger partial charge in [0, 0.05) is 12.6 Å². The Balaban J connectivity index is 0.00000121. The van der Waals surface area contributed by atoms with Crippen LogP contribution in [0.4, 0.5) is 0 Å². The zero-order valence-corrected chi connectivity index (χ0v) is 7.86. The number of carboxylic acid groups (broad SMARTS) is 1. The van der Waals surface area contributed by atoms with Crippen LogP contribution >= 0.6 is 12.4 Å². The average molecular weight is 192 g/mol. The van der Waals surface area contributed by atoms with Crippen molar-refractivity contribution in [2.75, 3.05) is 13.1 Å². The van der Waals surface area contributed by atoms with Gasteiger partial charge in [-0.3, -0.25) is 0 Å². The van der Waals surface area contributed by atoms with Gasteiger partial charge in [-0.15, -0.1) is 12.4 Å². The summed E-state index contributed by atoms with van der Waals surface area (Å²) in [6.07, 6.45) is 2.21. The molecule has 0 aliphatic carbocycles. The van der Waals surface area contributed by atoms with Crippen molar-refractivity contribution in [3.8, 4) is 0 Å². The molecule has 0 bridgehead atoms. The average Bonchev–Trinajstić information content (AvgIpc) is 1.93. The number of halogens is 1. The van der Waals surface area contributed by atoms with Gasteiger partial charge in [-0.2, -0.15) is 0 Å². The Morgan fingerprint density at radius 2 is 2.42 bits per heavy atom. The van der Waals surface area contributed by atoms with Gasteiger partial charge >= 0.3 is 5.97 Å². The maximum absolute atomic E-state index is 10.3. The number of carboxylic acids is 1. The van der Waals surface area contributed by atoms with E-state index in [1.54, 1.807) is 0 Å². The molecular formula is C8H14ClNO2. The van der Waals surface area contributed by atoms with E-state index in [1.165, 1.54) is 6.08 Å². The van der Waals surface area contributed by atoms with Crippen LogP contribution in [0.25, 0.3) is 0 Å². The molecule has 1 saturated heterocycles. The summed E-state index contributed by atoms with van der Waals surface area (Å²) in [7, 11) is 0. The molecule has 0 aromatic carbocycles. The van der Waals surface area contributed by atoms with Crippen LogP contribution < -0.4 is 5.32 Å². The molecule has 1 rings (SSSR count). The van der Waals surface area contributed by atoms with Crippen molar-refractivity contribution < 1.29 is 9.90 Å². The lowest BCUT2D eigenvalue weighted by Gasteiger charge is -2.21. The van der Waals surface area contributed by atoms with Gasteiger partial charge in [0.2, 0.25) is 0 Å². The van der Waals surface area contributed by atoms with E-state index in [9.17, 15) is 4.79 Å².